The van der Waals surface area contributed by atoms with Gasteiger partial charge in [0.25, 0.3) is 5.91 Å². The first kappa shape index (κ1) is 25.6. The van der Waals surface area contributed by atoms with Gasteiger partial charge in [-0.2, -0.15) is 0 Å². The number of amides is 2. The van der Waals surface area contributed by atoms with E-state index >= 15 is 0 Å². The van der Waals surface area contributed by atoms with Crippen molar-refractivity contribution in [3.63, 3.8) is 0 Å². The van der Waals surface area contributed by atoms with Crippen LogP contribution in [-0.2, 0) is 29.1 Å². The van der Waals surface area contributed by atoms with Crippen LogP contribution in [0.5, 0.6) is 0 Å². The standard InChI is InChI=1S/C33H32N2O2/c1-26-10-9-15-30(22-26)25-35(32(36)21-18-27-11-5-3-6-12-27)31-19-16-28(17-20-31)23-33(37)34(2)24-29-13-7-4-8-14-29/h3-22H,23-25H2,1-2H3/b21-18+. The lowest BCUT2D eigenvalue weighted by Crippen LogP contribution is -2.29. The first-order valence-corrected chi connectivity index (χ1v) is 12.4. The van der Waals surface area contributed by atoms with Crippen LogP contribution in [0.3, 0.4) is 0 Å². The van der Waals surface area contributed by atoms with E-state index in [1.807, 2.05) is 123 Å². The largest absolute Gasteiger partial charge is 0.341 e. The van der Waals surface area contributed by atoms with E-state index in [0.29, 0.717) is 19.5 Å². The highest BCUT2D eigenvalue weighted by molar-refractivity contribution is 6.03. The Labute approximate surface area is 219 Å². The van der Waals surface area contributed by atoms with E-state index in [9.17, 15) is 9.59 Å². The second kappa shape index (κ2) is 12.5. The smallest absolute Gasteiger partial charge is 0.251 e. The molecule has 0 heterocycles. The van der Waals surface area contributed by atoms with Crippen LogP contribution < -0.4 is 4.90 Å². The molecule has 0 unspecified atom stereocenters. The summed E-state index contributed by atoms with van der Waals surface area (Å²) in [5.74, 6) is -0.0492. The molecule has 0 spiro atoms. The van der Waals surface area contributed by atoms with Crippen molar-refractivity contribution in [2.24, 2.45) is 0 Å². The molecule has 0 fully saturated rings. The predicted octanol–water partition coefficient (Wildman–Crippen LogP) is 6.44. The van der Waals surface area contributed by atoms with Crippen LogP contribution in [-0.4, -0.2) is 23.8 Å². The van der Waals surface area contributed by atoms with Crippen molar-refractivity contribution in [2.75, 3.05) is 11.9 Å². The Morgan fingerprint density at radius 3 is 2.03 bits per heavy atom. The van der Waals surface area contributed by atoms with E-state index in [0.717, 1.165) is 33.5 Å². The Morgan fingerprint density at radius 2 is 1.35 bits per heavy atom. The molecule has 4 aromatic carbocycles. The summed E-state index contributed by atoms with van der Waals surface area (Å²) in [5.41, 5.74) is 5.98. The fourth-order valence-corrected chi connectivity index (χ4v) is 4.16. The van der Waals surface area contributed by atoms with Gasteiger partial charge in [-0.3, -0.25) is 9.59 Å². The second-order valence-electron chi connectivity index (χ2n) is 9.24. The Hall–Kier alpha value is -4.44. The van der Waals surface area contributed by atoms with Gasteiger partial charge in [0, 0.05) is 25.4 Å². The van der Waals surface area contributed by atoms with E-state index in [4.69, 9.17) is 0 Å². The zero-order chi connectivity index (χ0) is 26.0. The summed E-state index contributed by atoms with van der Waals surface area (Å²) in [6, 6.07) is 35.6. The molecule has 0 aliphatic carbocycles. The molecule has 0 radical (unpaired) electrons. The quantitative estimate of drug-likeness (QED) is 0.254. The molecule has 4 aromatic rings. The topological polar surface area (TPSA) is 40.6 Å². The molecule has 0 aliphatic heterocycles. The average Bonchev–Trinajstić information content (AvgIpc) is 2.92. The highest BCUT2D eigenvalue weighted by Gasteiger charge is 2.16. The van der Waals surface area contributed by atoms with E-state index in [2.05, 4.69) is 6.07 Å². The monoisotopic (exact) mass is 488 g/mol. The van der Waals surface area contributed by atoms with Gasteiger partial charge in [0.05, 0.1) is 13.0 Å². The van der Waals surface area contributed by atoms with Gasteiger partial charge in [-0.15, -0.1) is 0 Å². The van der Waals surface area contributed by atoms with Gasteiger partial charge < -0.3 is 9.80 Å². The molecule has 37 heavy (non-hydrogen) atoms. The van der Waals surface area contributed by atoms with Crippen LogP contribution in [0, 0.1) is 6.92 Å². The average molecular weight is 489 g/mol. The molecule has 0 N–H and O–H groups in total. The number of aryl methyl sites for hydroxylation is 1. The molecule has 0 aromatic heterocycles. The third-order valence-electron chi connectivity index (χ3n) is 6.20. The Bertz CT molecular complexity index is 1350. The van der Waals surface area contributed by atoms with Crippen LogP contribution in [0.1, 0.15) is 27.8 Å². The zero-order valence-corrected chi connectivity index (χ0v) is 21.4. The summed E-state index contributed by atoms with van der Waals surface area (Å²) in [6.07, 6.45) is 3.76. The van der Waals surface area contributed by atoms with Crippen molar-refractivity contribution in [3.05, 3.63) is 143 Å². The van der Waals surface area contributed by atoms with Crippen LogP contribution in [0.25, 0.3) is 6.08 Å². The molecule has 0 saturated heterocycles. The highest BCUT2D eigenvalue weighted by Crippen LogP contribution is 2.21. The maximum atomic E-state index is 13.3. The van der Waals surface area contributed by atoms with E-state index in [1.54, 1.807) is 15.9 Å². The van der Waals surface area contributed by atoms with Crippen molar-refractivity contribution >= 4 is 23.6 Å². The van der Waals surface area contributed by atoms with Gasteiger partial charge in [-0.05, 0) is 47.4 Å². The molecule has 0 saturated carbocycles. The summed E-state index contributed by atoms with van der Waals surface area (Å²) >= 11 is 0. The minimum atomic E-state index is -0.100. The van der Waals surface area contributed by atoms with Crippen molar-refractivity contribution < 1.29 is 9.59 Å². The van der Waals surface area contributed by atoms with Gasteiger partial charge in [-0.1, -0.05) is 103 Å². The number of benzene rings is 4. The number of carbonyl (C=O) groups excluding carboxylic acids is 2. The molecule has 0 bridgehead atoms. The molecule has 186 valence electrons. The molecule has 0 aliphatic rings. The lowest BCUT2D eigenvalue weighted by molar-refractivity contribution is -0.129. The fourth-order valence-electron chi connectivity index (χ4n) is 4.16. The number of nitrogens with zero attached hydrogens (tertiary/aromatic N) is 2. The second-order valence-corrected chi connectivity index (χ2v) is 9.24. The minimum absolute atomic E-state index is 0.0510. The molecular weight excluding hydrogens is 456 g/mol. The predicted molar refractivity (Wildman–Crippen MR) is 151 cm³/mol. The number of hydrogen-bond acceptors (Lipinski definition) is 2. The van der Waals surface area contributed by atoms with E-state index in [1.165, 1.54) is 0 Å². The minimum Gasteiger partial charge on any atom is -0.341 e. The summed E-state index contributed by atoms with van der Waals surface area (Å²) in [5, 5.41) is 0. The molecule has 2 amide bonds. The Kier molecular flexibility index (Phi) is 8.66. The SMILES string of the molecule is Cc1cccc(CN(C(=O)/C=C/c2ccccc2)c2ccc(CC(=O)N(C)Cc3ccccc3)cc2)c1. The summed E-state index contributed by atoms with van der Waals surface area (Å²) in [6.45, 7) is 3.08. The molecule has 0 atom stereocenters. The van der Waals surface area contributed by atoms with Crippen LogP contribution in [0.2, 0.25) is 0 Å². The van der Waals surface area contributed by atoms with Gasteiger partial charge in [0.2, 0.25) is 5.91 Å². The molecular formula is C33H32N2O2. The normalized spacial score (nSPS) is 10.9. The third kappa shape index (κ3) is 7.52. The Balaban J connectivity index is 1.49. The van der Waals surface area contributed by atoms with Crippen LogP contribution in [0.4, 0.5) is 5.69 Å². The summed E-state index contributed by atoms with van der Waals surface area (Å²) < 4.78 is 0. The first-order valence-electron chi connectivity index (χ1n) is 12.4. The number of likely N-dealkylation sites (N-methyl/N-ethyl adjacent to an activating group) is 1. The number of hydrogen-bond donors (Lipinski definition) is 0. The van der Waals surface area contributed by atoms with Crippen molar-refractivity contribution in [1.82, 2.24) is 4.90 Å². The van der Waals surface area contributed by atoms with Crippen molar-refractivity contribution in [1.29, 1.82) is 0 Å². The molecule has 4 rings (SSSR count). The number of carbonyl (C=O) groups is 2. The molecule has 4 heteroatoms. The molecule has 4 nitrogen and oxygen atoms in total. The highest BCUT2D eigenvalue weighted by atomic mass is 16.2. The van der Waals surface area contributed by atoms with E-state index < -0.39 is 0 Å². The maximum absolute atomic E-state index is 13.3. The van der Waals surface area contributed by atoms with Crippen molar-refractivity contribution in [3.8, 4) is 0 Å². The van der Waals surface area contributed by atoms with Gasteiger partial charge in [0.1, 0.15) is 0 Å². The van der Waals surface area contributed by atoms with Gasteiger partial charge in [-0.25, -0.2) is 0 Å². The van der Waals surface area contributed by atoms with Crippen LogP contribution in [0.15, 0.2) is 115 Å². The lowest BCUT2D eigenvalue weighted by Gasteiger charge is -2.22. The third-order valence-corrected chi connectivity index (χ3v) is 6.20. The first-order chi connectivity index (χ1) is 18.0. The summed E-state index contributed by atoms with van der Waals surface area (Å²) in [4.78, 5) is 29.6. The van der Waals surface area contributed by atoms with Crippen molar-refractivity contribution in [2.45, 2.75) is 26.4 Å². The van der Waals surface area contributed by atoms with Gasteiger partial charge in [0.15, 0.2) is 0 Å². The Morgan fingerprint density at radius 1 is 0.703 bits per heavy atom. The number of anilines is 1. The number of rotatable bonds is 9. The summed E-state index contributed by atoms with van der Waals surface area (Å²) in [7, 11) is 1.82. The fraction of sp³-hybridized carbons (Fsp3) is 0.152. The van der Waals surface area contributed by atoms with E-state index in [-0.39, 0.29) is 11.8 Å². The van der Waals surface area contributed by atoms with Gasteiger partial charge >= 0.3 is 0 Å². The zero-order valence-electron chi connectivity index (χ0n) is 21.4. The lowest BCUT2D eigenvalue weighted by atomic mass is 10.1. The maximum Gasteiger partial charge on any atom is 0.251 e. The van der Waals surface area contributed by atoms with Crippen LogP contribution >= 0.6 is 0 Å².